The number of hydrogen-bond acceptors (Lipinski definition) is 5. The van der Waals surface area contributed by atoms with Crippen LogP contribution in [0.25, 0.3) is 0 Å². The minimum absolute atomic E-state index is 0.112. The molecule has 0 saturated heterocycles. The van der Waals surface area contributed by atoms with E-state index in [1.807, 2.05) is 0 Å². The highest BCUT2D eigenvalue weighted by atomic mass is 16.3. The van der Waals surface area contributed by atoms with Crippen molar-refractivity contribution in [2.24, 2.45) is 10.9 Å². The number of nitrogens with two attached hydrogens (primary N) is 1. The zero-order chi connectivity index (χ0) is 9.84. The molecule has 5 heteroatoms. The van der Waals surface area contributed by atoms with E-state index in [1.54, 1.807) is 0 Å². The van der Waals surface area contributed by atoms with Gasteiger partial charge in [0.25, 0.3) is 0 Å². The van der Waals surface area contributed by atoms with Crippen molar-refractivity contribution in [3.63, 3.8) is 0 Å². The lowest BCUT2D eigenvalue weighted by atomic mass is 10.1. The second-order valence-electron chi connectivity index (χ2n) is 2.60. The molecule has 0 spiro atoms. The second-order valence-corrected chi connectivity index (χ2v) is 2.60. The fourth-order valence-electron chi connectivity index (χ4n) is 1.05. The molecule has 0 fully saturated rings. The largest absolute Gasteiger partial charge is 0.504 e. The molecular formula is C8H10N2O3. The highest BCUT2D eigenvalue weighted by Gasteiger charge is 2.08. The summed E-state index contributed by atoms with van der Waals surface area (Å²) >= 11 is 0. The number of benzene rings is 1. The van der Waals surface area contributed by atoms with Crippen LogP contribution in [0.5, 0.6) is 11.5 Å². The molecule has 1 aromatic rings. The summed E-state index contributed by atoms with van der Waals surface area (Å²) in [6.07, 6.45) is 0.439. The average molecular weight is 182 g/mol. The first-order valence-electron chi connectivity index (χ1n) is 3.77. The van der Waals surface area contributed by atoms with Gasteiger partial charge in [-0.15, -0.1) is 4.91 Å². The van der Waals surface area contributed by atoms with Gasteiger partial charge >= 0.3 is 0 Å². The summed E-state index contributed by atoms with van der Waals surface area (Å²) in [5.74, 6) is -0.619. The zero-order valence-electron chi connectivity index (χ0n) is 6.90. The standard InChI is InChI=1S/C8H10N2O3/c9-2-1-5-3-7(11)8(12)4-6(5)10-13/h3-4,11-12H,1-2,9H2. The predicted molar refractivity (Wildman–Crippen MR) is 48.0 cm³/mol. The number of hydrogen-bond donors (Lipinski definition) is 3. The first kappa shape index (κ1) is 9.47. The smallest absolute Gasteiger partial charge is 0.159 e. The van der Waals surface area contributed by atoms with Crippen molar-refractivity contribution in [1.29, 1.82) is 0 Å². The quantitative estimate of drug-likeness (QED) is 0.479. The third-order valence-electron chi connectivity index (χ3n) is 1.69. The summed E-state index contributed by atoms with van der Waals surface area (Å²) in [7, 11) is 0. The van der Waals surface area contributed by atoms with E-state index in [2.05, 4.69) is 5.18 Å². The molecule has 0 unspecified atom stereocenters. The van der Waals surface area contributed by atoms with E-state index >= 15 is 0 Å². The van der Waals surface area contributed by atoms with Gasteiger partial charge in [-0.3, -0.25) is 0 Å². The maximum Gasteiger partial charge on any atom is 0.159 e. The van der Waals surface area contributed by atoms with Gasteiger partial charge < -0.3 is 15.9 Å². The number of phenols is 2. The van der Waals surface area contributed by atoms with Crippen LogP contribution in [0.15, 0.2) is 17.3 Å². The molecule has 0 aliphatic heterocycles. The van der Waals surface area contributed by atoms with E-state index in [0.29, 0.717) is 18.5 Å². The van der Waals surface area contributed by atoms with Crippen molar-refractivity contribution >= 4 is 5.69 Å². The van der Waals surface area contributed by atoms with Crippen LogP contribution in [0.4, 0.5) is 5.69 Å². The van der Waals surface area contributed by atoms with Gasteiger partial charge in [-0.1, -0.05) is 0 Å². The molecule has 0 atom stereocenters. The van der Waals surface area contributed by atoms with Crippen LogP contribution in [-0.4, -0.2) is 16.8 Å². The van der Waals surface area contributed by atoms with Crippen LogP contribution in [0, 0.1) is 4.91 Å². The summed E-state index contributed by atoms with van der Waals surface area (Å²) in [6.45, 7) is 0.354. The third kappa shape index (κ3) is 1.94. The Morgan fingerprint density at radius 1 is 1.31 bits per heavy atom. The fraction of sp³-hybridized carbons (Fsp3) is 0.250. The molecular weight excluding hydrogens is 172 g/mol. The van der Waals surface area contributed by atoms with Crippen LogP contribution in [0.3, 0.4) is 0 Å². The average Bonchev–Trinajstić information content (AvgIpc) is 2.11. The molecule has 0 amide bonds. The minimum Gasteiger partial charge on any atom is -0.504 e. The van der Waals surface area contributed by atoms with Gasteiger partial charge in [-0.05, 0) is 29.8 Å². The van der Waals surface area contributed by atoms with Gasteiger partial charge in [0, 0.05) is 6.07 Å². The maximum absolute atomic E-state index is 10.3. The third-order valence-corrected chi connectivity index (χ3v) is 1.69. The SMILES string of the molecule is NCCc1cc(O)c(O)cc1N=O. The number of rotatable bonds is 3. The Labute approximate surface area is 74.8 Å². The topological polar surface area (TPSA) is 95.9 Å². The highest BCUT2D eigenvalue weighted by molar-refractivity contribution is 5.56. The Morgan fingerprint density at radius 3 is 2.46 bits per heavy atom. The van der Waals surface area contributed by atoms with Gasteiger partial charge in [0.1, 0.15) is 5.69 Å². The highest BCUT2D eigenvalue weighted by Crippen LogP contribution is 2.32. The summed E-state index contributed by atoms with van der Waals surface area (Å²) in [6, 6.07) is 2.41. The molecule has 1 aromatic carbocycles. The van der Waals surface area contributed by atoms with Crippen molar-refractivity contribution in [2.45, 2.75) is 6.42 Å². The monoisotopic (exact) mass is 182 g/mol. The molecule has 13 heavy (non-hydrogen) atoms. The van der Waals surface area contributed by atoms with Crippen LogP contribution in [0.1, 0.15) is 5.56 Å². The van der Waals surface area contributed by atoms with Crippen LogP contribution >= 0.6 is 0 Å². The summed E-state index contributed by atoms with van der Waals surface area (Å²) in [5, 5.41) is 20.9. The van der Waals surface area contributed by atoms with Gasteiger partial charge in [-0.2, -0.15) is 0 Å². The Kier molecular flexibility index (Phi) is 2.81. The molecule has 0 saturated carbocycles. The van der Waals surface area contributed by atoms with Gasteiger partial charge in [-0.25, -0.2) is 0 Å². The number of nitroso groups, excluding NO2 is 1. The molecule has 5 nitrogen and oxygen atoms in total. The first-order chi connectivity index (χ1) is 6.19. The zero-order valence-corrected chi connectivity index (χ0v) is 6.90. The summed E-state index contributed by atoms with van der Waals surface area (Å²) in [4.78, 5) is 10.3. The predicted octanol–water partition coefficient (Wildman–Crippen LogP) is 0.997. The van der Waals surface area contributed by atoms with E-state index in [9.17, 15) is 4.91 Å². The van der Waals surface area contributed by atoms with Crippen molar-refractivity contribution in [2.75, 3.05) is 6.54 Å². The Hall–Kier alpha value is -1.62. The van der Waals surface area contributed by atoms with Crippen molar-refractivity contribution in [3.05, 3.63) is 22.6 Å². The molecule has 4 N–H and O–H groups in total. The number of aromatic hydroxyl groups is 2. The number of phenolic OH excluding ortho intramolecular Hbond substituents is 2. The maximum atomic E-state index is 10.3. The van der Waals surface area contributed by atoms with E-state index in [4.69, 9.17) is 15.9 Å². The molecule has 0 aliphatic rings. The Balaban J connectivity index is 3.16. The minimum atomic E-state index is -0.352. The summed E-state index contributed by atoms with van der Waals surface area (Å²) < 4.78 is 0. The normalized spacial score (nSPS) is 9.92. The first-order valence-corrected chi connectivity index (χ1v) is 3.77. The van der Waals surface area contributed by atoms with Crippen LogP contribution in [0.2, 0.25) is 0 Å². The van der Waals surface area contributed by atoms with Crippen molar-refractivity contribution in [1.82, 2.24) is 0 Å². The van der Waals surface area contributed by atoms with E-state index < -0.39 is 0 Å². The van der Waals surface area contributed by atoms with Crippen LogP contribution < -0.4 is 5.73 Å². The molecule has 0 aromatic heterocycles. The molecule has 0 aliphatic carbocycles. The van der Waals surface area contributed by atoms with Gasteiger partial charge in [0.15, 0.2) is 11.5 Å². The van der Waals surface area contributed by atoms with E-state index in [-0.39, 0.29) is 17.2 Å². The van der Waals surface area contributed by atoms with E-state index in [1.165, 1.54) is 6.07 Å². The Bertz CT molecular complexity index is 325. The number of nitrogens with zero attached hydrogens (tertiary/aromatic N) is 1. The van der Waals surface area contributed by atoms with Gasteiger partial charge in [0.05, 0.1) is 0 Å². The molecule has 0 heterocycles. The lowest BCUT2D eigenvalue weighted by molar-refractivity contribution is 0.403. The lowest BCUT2D eigenvalue weighted by Crippen LogP contribution is -2.02. The van der Waals surface area contributed by atoms with Crippen molar-refractivity contribution in [3.8, 4) is 11.5 Å². The van der Waals surface area contributed by atoms with Gasteiger partial charge in [0.2, 0.25) is 0 Å². The fourth-order valence-corrected chi connectivity index (χ4v) is 1.05. The second kappa shape index (κ2) is 3.86. The lowest BCUT2D eigenvalue weighted by Gasteiger charge is -2.04. The molecule has 1 rings (SSSR count). The molecule has 70 valence electrons. The Morgan fingerprint density at radius 2 is 1.92 bits per heavy atom. The molecule has 0 bridgehead atoms. The summed E-state index contributed by atoms with van der Waals surface area (Å²) in [5.41, 5.74) is 5.93. The van der Waals surface area contributed by atoms with E-state index in [0.717, 1.165) is 6.07 Å². The van der Waals surface area contributed by atoms with Crippen LogP contribution in [-0.2, 0) is 6.42 Å². The molecule has 0 radical (unpaired) electrons. The van der Waals surface area contributed by atoms with Crippen molar-refractivity contribution < 1.29 is 10.2 Å².